The number of hydrogen-bond acceptors (Lipinski definition) is 4. The van der Waals surface area contributed by atoms with Gasteiger partial charge in [0.05, 0.1) is 6.61 Å². The summed E-state index contributed by atoms with van der Waals surface area (Å²) >= 11 is 0. The highest BCUT2D eigenvalue weighted by atomic mass is 19.4. The van der Waals surface area contributed by atoms with Crippen LogP contribution in [0.5, 0.6) is 5.75 Å². The Morgan fingerprint density at radius 3 is 2.60 bits per heavy atom. The third kappa shape index (κ3) is 8.83. The Balaban J connectivity index is 2.46. The summed E-state index contributed by atoms with van der Waals surface area (Å²) in [7, 11) is 1.54. The first kappa shape index (κ1) is 20.6. The Bertz CT molecular complexity index is 577. The molecule has 0 fully saturated rings. The van der Waals surface area contributed by atoms with Gasteiger partial charge < -0.3 is 20.1 Å². The van der Waals surface area contributed by atoms with Gasteiger partial charge in [0.1, 0.15) is 5.75 Å². The van der Waals surface area contributed by atoms with Crippen LogP contribution in [0.1, 0.15) is 25.3 Å². The Hall–Kier alpha value is -2.45. The molecule has 6 nitrogen and oxygen atoms in total. The maximum Gasteiger partial charge on any atom is 0.573 e. The molecular formula is C16H22F3N3O3. The van der Waals surface area contributed by atoms with Gasteiger partial charge in [-0.2, -0.15) is 0 Å². The number of carbonyl (C=O) groups is 1. The largest absolute Gasteiger partial charge is 0.573 e. The van der Waals surface area contributed by atoms with Crippen molar-refractivity contribution < 1.29 is 27.4 Å². The Morgan fingerprint density at radius 2 is 1.96 bits per heavy atom. The quantitative estimate of drug-likeness (QED) is 0.322. The van der Waals surface area contributed by atoms with Crippen LogP contribution in [0.3, 0.4) is 0 Å². The van der Waals surface area contributed by atoms with Crippen molar-refractivity contribution in [2.24, 2.45) is 4.99 Å². The summed E-state index contributed by atoms with van der Waals surface area (Å²) in [5, 5.41) is 5.87. The van der Waals surface area contributed by atoms with E-state index in [1.165, 1.54) is 18.2 Å². The molecule has 1 rings (SSSR count). The first-order valence-corrected chi connectivity index (χ1v) is 7.79. The number of rotatable bonds is 8. The minimum atomic E-state index is -4.75. The van der Waals surface area contributed by atoms with Crippen LogP contribution >= 0.6 is 0 Å². The number of esters is 1. The zero-order valence-corrected chi connectivity index (χ0v) is 14.2. The lowest BCUT2D eigenvalue weighted by atomic mass is 10.2. The highest BCUT2D eigenvalue weighted by molar-refractivity contribution is 5.79. The highest BCUT2D eigenvalue weighted by Crippen LogP contribution is 2.25. The van der Waals surface area contributed by atoms with Crippen LogP contribution in [0.2, 0.25) is 0 Å². The fourth-order valence-corrected chi connectivity index (χ4v) is 1.95. The lowest BCUT2D eigenvalue weighted by molar-refractivity contribution is -0.274. The van der Waals surface area contributed by atoms with Gasteiger partial charge in [-0.3, -0.25) is 9.79 Å². The van der Waals surface area contributed by atoms with Gasteiger partial charge in [-0.15, -0.1) is 13.2 Å². The molecule has 0 spiro atoms. The predicted molar refractivity (Wildman–Crippen MR) is 87.2 cm³/mol. The molecule has 9 heteroatoms. The van der Waals surface area contributed by atoms with Crippen molar-refractivity contribution in [2.75, 3.05) is 20.2 Å². The van der Waals surface area contributed by atoms with E-state index in [2.05, 4.69) is 20.4 Å². The van der Waals surface area contributed by atoms with Gasteiger partial charge >= 0.3 is 12.3 Å². The maximum atomic E-state index is 12.4. The second-order valence-electron chi connectivity index (χ2n) is 4.92. The van der Waals surface area contributed by atoms with Gasteiger partial charge in [-0.1, -0.05) is 18.2 Å². The van der Waals surface area contributed by atoms with Gasteiger partial charge in [-0.25, -0.2) is 0 Å². The molecule has 0 aliphatic heterocycles. The number of alkyl halides is 3. The van der Waals surface area contributed by atoms with Gasteiger partial charge in [0.15, 0.2) is 5.96 Å². The lowest BCUT2D eigenvalue weighted by Crippen LogP contribution is -2.37. The number of carbonyl (C=O) groups excluding carboxylic acids is 1. The number of ether oxygens (including phenoxy) is 2. The molecule has 1 aromatic carbocycles. The summed E-state index contributed by atoms with van der Waals surface area (Å²) in [6.07, 6.45) is -3.92. The standard InChI is InChI=1S/C16H22F3N3O3/c1-3-24-14(23)9-6-10-21-15(20-2)22-11-12-7-4-5-8-13(12)25-16(17,18)19/h4-5,7-8H,3,6,9-11H2,1-2H3,(H2,20,21,22). The van der Waals surface area contributed by atoms with Crippen LogP contribution in [0.4, 0.5) is 13.2 Å². The zero-order valence-electron chi connectivity index (χ0n) is 14.2. The van der Waals surface area contributed by atoms with Crippen molar-refractivity contribution in [3.8, 4) is 5.75 Å². The molecule has 0 bridgehead atoms. The molecule has 0 aliphatic rings. The van der Waals surface area contributed by atoms with Crippen LogP contribution in [-0.4, -0.2) is 38.5 Å². The van der Waals surface area contributed by atoms with Crippen LogP contribution in [0.15, 0.2) is 29.3 Å². The number of aliphatic imine (C=N–C) groups is 1. The van der Waals surface area contributed by atoms with E-state index < -0.39 is 6.36 Å². The molecule has 140 valence electrons. The van der Waals surface area contributed by atoms with Crippen LogP contribution in [0, 0.1) is 0 Å². The molecular weight excluding hydrogens is 339 g/mol. The van der Waals surface area contributed by atoms with E-state index in [0.717, 1.165) is 0 Å². The van der Waals surface area contributed by atoms with Crippen molar-refractivity contribution in [3.05, 3.63) is 29.8 Å². The third-order valence-electron chi connectivity index (χ3n) is 3.02. The Labute approximate surface area is 144 Å². The number of benzene rings is 1. The molecule has 0 heterocycles. The lowest BCUT2D eigenvalue weighted by Gasteiger charge is -2.15. The highest BCUT2D eigenvalue weighted by Gasteiger charge is 2.31. The SMILES string of the molecule is CCOC(=O)CCCNC(=NC)NCc1ccccc1OC(F)(F)F. The number of nitrogens with zero attached hydrogens (tertiary/aromatic N) is 1. The molecule has 0 aromatic heterocycles. The molecule has 0 saturated carbocycles. The van der Waals surface area contributed by atoms with E-state index in [1.807, 2.05) is 0 Å². The van der Waals surface area contributed by atoms with Crippen LogP contribution < -0.4 is 15.4 Å². The number of halogens is 3. The third-order valence-corrected chi connectivity index (χ3v) is 3.02. The van der Waals surface area contributed by atoms with Crippen molar-refractivity contribution in [3.63, 3.8) is 0 Å². The van der Waals surface area contributed by atoms with E-state index in [0.29, 0.717) is 31.1 Å². The van der Waals surface area contributed by atoms with E-state index in [4.69, 9.17) is 4.74 Å². The van der Waals surface area contributed by atoms with E-state index in [9.17, 15) is 18.0 Å². The summed E-state index contributed by atoms with van der Waals surface area (Å²) in [5.41, 5.74) is 0.342. The predicted octanol–water partition coefficient (Wildman–Crippen LogP) is 2.59. The molecule has 0 saturated heterocycles. The van der Waals surface area contributed by atoms with Crippen molar-refractivity contribution in [1.29, 1.82) is 0 Å². The Kier molecular flexibility index (Phi) is 8.59. The van der Waals surface area contributed by atoms with Gasteiger partial charge in [0.25, 0.3) is 0 Å². The van der Waals surface area contributed by atoms with E-state index >= 15 is 0 Å². The molecule has 0 radical (unpaired) electrons. The molecule has 25 heavy (non-hydrogen) atoms. The number of guanidine groups is 1. The minimum Gasteiger partial charge on any atom is -0.466 e. The summed E-state index contributed by atoms with van der Waals surface area (Å²) in [6, 6.07) is 5.87. The smallest absolute Gasteiger partial charge is 0.466 e. The van der Waals surface area contributed by atoms with Crippen LogP contribution in [0.25, 0.3) is 0 Å². The average Bonchev–Trinajstić information content (AvgIpc) is 2.54. The number of nitrogens with one attached hydrogen (secondary N) is 2. The molecule has 0 unspecified atom stereocenters. The molecule has 1 aromatic rings. The minimum absolute atomic E-state index is 0.101. The Morgan fingerprint density at radius 1 is 1.24 bits per heavy atom. The fourth-order valence-electron chi connectivity index (χ4n) is 1.95. The molecule has 0 atom stereocenters. The monoisotopic (exact) mass is 361 g/mol. The summed E-state index contributed by atoms with van der Waals surface area (Å²) < 4.78 is 46.0. The second kappa shape index (κ2) is 10.4. The van der Waals surface area contributed by atoms with Gasteiger partial charge in [0, 0.05) is 32.1 Å². The van der Waals surface area contributed by atoms with Crippen LogP contribution in [-0.2, 0) is 16.1 Å². The van der Waals surface area contributed by atoms with Gasteiger partial charge in [0.2, 0.25) is 0 Å². The van der Waals surface area contributed by atoms with Gasteiger partial charge in [-0.05, 0) is 19.4 Å². The molecule has 0 aliphatic carbocycles. The first-order valence-electron chi connectivity index (χ1n) is 7.79. The maximum absolute atomic E-state index is 12.4. The summed E-state index contributed by atoms with van der Waals surface area (Å²) in [4.78, 5) is 15.2. The second-order valence-corrected chi connectivity index (χ2v) is 4.92. The average molecular weight is 361 g/mol. The summed E-state index contributed by atoms with van der Waals surface area (Å²) in [5.74, 6) is -0.128. The van der Waals surface area contributed by atoms with E-state index in [-0.39, 0.29) is 24.7 Å². The van der Waals surface area contributed by atoms with Crippen molar-refractivity contribution >= 4 is 11.9 Å². The molecule has 0 amide bonds. The van der Waals surface area contributed by atoms with E-state index in [1.54, 1.807) is 20.0 Å². The number of para-hydroxylation sites is 1. The normalized spacial score (nSPS) is 11.8. The molecule has 2 N–H and O–H groups in total. The van der Waals surface area contributed by atoms with Crippen molar-refractivity contribution in [1.82, 2.24) is 10.6 Å². The summed E-state index contributed by atoms with van der Waals surface area (Å²) in [6.45, 7) is 2.65. The van der Waals surface area contributed by atoms with Crippen molar-refractivity contribution in [2.45, 2.75) is 32.7 Å². The zero-order chi connectivity index (χ0) is 18.7. The number of hydrogen-bond donors (Lipinski definition) is 2. The first-order chi connectivity index (χ1) is 11.9. The fraction of sp³-hybridized carbons (Fsp3) is 0.500. The topological polar surface area (TPSA) is 72.0 Å².